The summed E-state index contributed by atoms with van der Waals surface area (Å²) in [5.41, 5.74) is 8.77. The van der Waals surface area contributed by atoms with Gasteiger partial charge in [0.1, 0.15) is 5.84 Å². The Morgan fingerprint density at radius 2 is 1.76 bits per heavy atom. The summed E-state index contributed by atoms with van der Waals surface area (Å²) in [6, 6.07) is 18.0. The zero-order valence-corrected chi connectivity index (χ0v) is 17.1. The highest BCUT2D eigenvalue weighted by Gasteiger charge is 2.28. The second kappa shape index (κ2) is 10.1. The van der Waals surface area contributed by atoms with Gasteiger partial charge in [0.25, 0.3) is 0 Å². The van der Waals surface area contributed by atoms with E-state index in [0.29, 0.717) is 24.8 Å². The van der Waals surface area contributed by atoms with Crippen LogP contribution in [-0.4, -0.2) is 35.8 Å². The third kappa shape index (κ3) is 5.57. The minimum atomic E-state index is -0.285. The number of amides is 1. The van der Waals surface area contributed by atoms with Gasteiger partial charge in [-0.3, -0.25) is 4.79 Å². The van der Waals surface area contributed by atoms with Crippen molar-refractivity contribution in [1.82, 2.24) is 10.2 Å². The Hall–Kier alpha value is -2.86. The van der Waals surface area contributed by atoms with Crippen molar-refractivity contribution >= 4 is 11.7 Å². The fourth-order valence-electron chi connectivity index (χ4n) is 3.92. The molecule has 0 saturated heterocycles. The van der Waals surface area contributed by atoms with Gasteiger partial charge in [-0.2, -0.15) is 5.10 Å². The molecule has 0 spiro atoms. The Kier molecular flexibility index (Phi) is 7.25. The Bertz CT molecular complexity index is 813. The maximum Gasteiger partial charge on any atom is 0.240 e. The Labute approximate surface area is 173 Å². The van der Waals surface area contributed by atoms with E-state index >= 15 is 0 Å². The first kappa shape index (κ1) is 20.9. The molecular formula is C23H31N5O. The fraction of sp³-hybridized carbons (Fsp3) is 0.391. The number of nitrogens with zero attached hydrogens (tertiary/aromatic N) is 2. The molecule has 29 heavy (non-hydrogen) atoms. The van der Waals surface area contributed by atoms with E-state index in [2.05, 4.69) is 22.6 Å². The molecule has 5 N–H and O–H groups in total. The first-order valence-electron chi connectivity index (χ1n) is 10.2. The maximum atomic E-state index is 13.3. The maximum absolute atomic E-state index is 13.3. The lowest BCUT2D eigenvalue weighted by atomic mass is 10.0. The van der Waals surface area contributed by atoms with Crippen LogP contribution in [0.25, 0.3) is 0 Å². The second-order valence-electron chi connectivity index (χ2n) is 7.72. The smallest absolute Gasteiger partial charge is 0.240 e. The second-order valence-corrected chi connectivity index (χ2v) is 7.72. The molecule has 1 fully saturated rings. The summed E-state index contributed by atoms with van der Waals surface area (Å²) in [6.45, 7) is 0.653. The Morgan fingerprint density at radius 1 is 1.10 bits per heavy atom. The highest BCUT2D eigenvalue weighted by Crippen LogP contribution is 2.23. The molecule has 0 radical (unpaired) electrons. The lowest BCUT2D eigenvalue weighted by Crippen LogP contribution is -2.49. The van der Waals surface area contributed by atoms with Crippen LogP contribution in [0.3, 0.4) is 0 Å². The fourth-order valence-corrected chi connectivity index (χ4v) is 3.92. The molecule has 1 aliphatic rings. The van der Waals surface area contributed by atoms with Gasteiger partial charge in [0, 0.05) is 25.2 Å². The first-order valence-corrected chi connectivity index (χ1v) is 10.2. The molecule has 0 aliphatic heterocycles. The van der Waals surface area contributed by atoms with E-state index < -0.39 is 0 Å². The van der Waals surface area contributed by atoms with Gasteiger partial charge in [0.15, 0.2) is 0 Å². The van der Waals surface area contributed by atoms with Crippen molar-refractivity contribution < 1.29 is 4.79 Å². The van der Waals surface area contributed by atoms with Crippen molar-refractivity contribution in [2.75, 3.05) is 7.05 Å². The van der Waals surface area contributed by atoms with E-state index in [1.807, 2.05) is 54.4 Å². The summed E-state index contributed by atoms with van der Waals surface area (Å²) >= 11 is 0. The van der Waals surface area contributed by atoms with Crippen molar-refractivity contribution in [3.63, 3.8) is 0 Å². The SMILES string of the molecule is CN(C(=O)[C@H](Cc1ccc(/C(N)=N/N)cc1)NCc1ccccc1)C1CCCC1. The molecule has 0 aromatic heterocycles. The summed E-state index contributed by atoms with van der Waals surface area (Å²) in [4.78, 5) is 15.2. The number of hydrogen-bond acceptors (Lipinski definition) is 4. The van der Waals surface area contributed by atoms with Gasteiger partial charge in [-0.25, -0.2) is 0 Å². The molecule has 1 amide bonds. The van der Waals surface area contributed by atoms with Crippen molar-refractivity contribution in [2.45, 2.75) is 50.7 Å². The average Bonchev–Trinajstić information content (AvgIpc) is 3.31. The van der Waals surface area contributed by atoms with Crippen LogP contribution in [0.5, 0.6) is 0 Å². The summed E-state index contributed by atoms with van der Waals surface area (Å²) in [6.07, 6.45) is 5.22. The van der Waals surface area contributed by atoms with E-state index in [1.54, 1.807) is 0 Å². The van der Waals surface area contributed by atoms with Crippen molar-refractivity contribution in [2.24, 2.45) is 16.7 Å². The quantitative estimate of drug-likeness (QED) is 0.278. The molecule has 0 heterocycles. The zero-order chi connectivity index (χ0) is 20.6. The van der Waals surface area contributed by atoms with Crippen LogP contribution in [0.4, 0.5) is 0 Å². The van der Waals surface area contributed by atoms with Crippen molar-refractivity contribution in [1.29, 1.82) is 0 Å². The number of hydrogen-bond donors (Lipinski definition) is 3. The minimum absolute atomic E-state index is 0.153. The van der Waals surface area contributed by atoms with Crippen LogP contribution in [0.2, 0.25) is 0 Å². The van der Waals surface area contributed by atoms with Crippen LogP contribution < -0.4 is 16.9 Å². The summed E-state index contributed by atoms with van der Waals surface area (Å²) in [5, 5.41) is 7.01. The number of carbonyl (C=O) groups is 1. The highest BCUT2D eigenvalue weighted by atomic mass is 16.2. The van der Waals surface area contributed by atoms with Crippen LogP contribution in [0.15, 0.2) is 59.7 Å². The van der Waals surface area contributed by atoms with Gasteiger partial charge in [-0.1, -0.05) is 67.4 Å². The van der Waals surface area contributed by atoms with E-state index in [0.717, 1.165) is 29.5 Å². The molecule has 154 valence electrons. The lowest BCUT2D eigenvalue weighted by molar-refractivity contribution is -0.134. The van der Waals surface area contributed by atoms with Gasteiger partial charge in [0.2, 0.25) is 5.91 Å². The molecule has 0 unspecified atom stereocenters. The Morgan fingerprint density at radius 3 is 2.38 bits per heavy atom. The summed E-state index contributed by atoms with van der Waals surface area (Å²) in [7, 11) is 1.94. The normalized spacial score (nSPS) is 16.0. The molecule has 3 rings (SSSR count). The molecule has 0 bridgehead atoms. The van der Waals surface area contributed by atoms with Crippen molar-refractivity contribution in [3.8, 4) is 0 Å². The van der Waals surface area contributed by atoms with Gasteiger partial charge >= 0.3 is 0 Å². The largest absolute Gasteiger partial charge is 0.382 e. The van der Waals surface area contributed by atoms with Gasteiger partial charge < -0.3 is 21.8 Å². The molecule has 6 heteroatoms. The predicted molar refractivity (Wildman–Crippen MR) is 117 cm³/mol. The Balaban J connectivity index is 1.73. The molecule has 1 aliphatic carbocycles. The molecule has 2 aromatic carbocycles. The number of likely N-dealkylation sites (N-methyl/N-ethyl adjacent to an activating group) is 1. The minimum Gasteiger partial charge on any atom is -0.382 e. The van der Waals surface area contributed by atoms with Gasteiger partial charge in [-0.15, -0.1) is 0 Å². The third-order valence-electron chi connectivity index (χ3n) is 5.74. The molecular weight excluding hydrogens is 362 g/mol. The van der Waals surface area contributed by atoms with E-state index in [4.69, 9.17) is 11.6 Å². The topological polar surface area (TPSA) is 96.7 Å². The van der Waals surface area contributed by atoms with Gasteiger partial charge in [-0.05, 0) is 30.4 Å². The van der Waals surface area contributed by atoms with Crippen molar-refractivity contribution in [3.05, 3.63) is 71.3 Å². The predicted octanol–water partition coefficient (Wildman–Crippen LogP) is 2.37. The number of hydrazone groups is 1. The molecule has 1 saturated carbocycles. The standard InChI is InChI=1S/C23H31N5O/c1-28(20-9-5-6-10-20)23(29)21(26-16-18-7-3-2-4-8-18)15-17-11-13-19(14-12-17)22(24)27-25/h2-4,7-8,11-14,20-21,26H,5-6,9-10,15-16,25H2,1H3,(H2,24,27)/t21-/m0/s1. The third-order valence-corrected chi connectivity index (χ3v) is 5.74. The highest BCUT2D eigenvalue weighted by molar-refractivity contribution is 5.97. The number of nitrogens with two attached hydrogens (primary N) is 2. The summed E-state index contributed by atoms with van der Waals surface area (Å²) < 4.78 is 0. The lowest BCUT2D eigenvalue weighted by Gasteiger charge is -2.29. The number of benzene rings is 2. The van der Waals surface area contributed by atoms with Crippen LogP contribution >= 0.6 is 0 Å². The monoisotopic (exact) mass is 393 g/mol. The van der Waals surface area contributed by atoms with E-state index in [9.17, 15) is 4.79 Å². The first-order chi connectivity index (χ1) is 14.1. The number of rotatable bonds is 8. The molecule has 1 atom stereocenters. The van der Waals surface area contributed by atoms with E-state index in [-0.39, 0.29) is 11.9 Å². The van der Waals surface area contributed by atoms with Gasteiger partial charge in [0.05, 0.1) is 6.04 Å². The number of nitrogens with one attached hydrogen (secondary N) is 1. The molecule has 2 aromatic rings. The van der Waals surface area contributed by atoms with E-state index in [1.165, 1.54) is 12.8 Å². The summed E-state index contributed by atoms with van der Waals surface area (Å²) in [5.74, 6) is 5.70. The number of carbonyl (C=O) groups excluding carboxylic acids is 1. The number of amidine groups is 1. The molecule has 6 nitrogen and oxygen atoms in total. The average molecular weight is 394 g/mol. The van der Waals surface area contributed by atoms with Crippen LogP contribution in [-0.2, 0) is 17.8 Å². The van der Waals surface area contributed by atoms with Crippen LogP contribution in [0, 0.1) is 0 Å². The van der Waals surface area contributed by atoms with Crippen LogP contribution in [0.1, 0.15) is 42.4 Å². The zero-order valence-electron chi connectivity index (χ0n) is 17.1.